The van der Waals surface area contributed by atoms with Crippen LogP contribution in [-0.4, -0.2) is 49.0 Å². The van der Waals surface area contributed by atoms with E-state index in [1.807, 2.05) is 42.5 Å². The molecular formula is C25H26N4O5. The van der Waals surface area contributed by atoms with Crippen molar-refractivity contribution in [1.82, 2.24) is 9.88 Å². The number of methoxy groups -OCH3 is 2. The molecule has 9 nitrogen and oxygen atoms in total. The lowest BCUT2D eigenvalue weighted by Crippen LogP contribution is -2.38. The molecule has 0 aliphatic carbocycles. The normalized spacial score (nSPS) is 13.1. The maximum atomic E-state index is 12.7. The van der Waals surface area contributed by atoms with Crippen LogP contribution in [0.5, 0.6) is 23.1 Å². The largest absolute Gasteiger partial charge is 0.493 e. The summed E-state index contributed by atoms with van der Waals surface area (Å²) in [6.45, 7) is 0.786. The third kappa shape index (κ3) is 5.20. The zero-order chi connectivity index (χ0) is 23.9. The van der Waals surface area contributed by atoms with E-state index in [1.54, 1.807) is 37.4 Å². The number of amidine groups is 1. The molecule has 2 N–H and O–H groups in total. The molecule has 0 saturated heterocycles. The van der Waals surface area contributed by atoms with Crippen molar-refractivity contribution in [3.05, 3.63) is 77.5 Å². The number of oxime groups is 1. The van der Waals surface area contributed by atoms with Gasteiger partial charge < -0.3 is 29.7 Å². The van der Waals surface area contributed by atoms with E-state index >= 15 is 0 Å². The van der Waals surface area contributed by atoms with Gasteiger partial charge in [-0.3, -0.25) is 4.79 Å². The Bertz CT molecular complexity index is 1180. The van der Waals surface area contributed by atoms with E-state index in [4.69, 9.17) is 24.8 Å². The lowest BCUT2D eigenvalue weighted by Gasteiger charge is -2.29. The molecule has 1 aliphatic rings. The van der Waals surface area contributed by atoms with Crippen LogP contribution in [0, 0.1) is 0 Å². The average molecular weight is 463 g/mol. The third-order valence-electron chi connectivity index (χ3n) is 5.43. The Hall–Kier alpha value is -4.27. The van der Waals surface area contributed by atoms with E-state index in [0.29, 0.717) is 48.2 Å². The first-order valence-corrected chi connectivity index (χ1v) is 10.7. The molecule has 0 atom stereocenters. The lowest BCUT2D eigenvalue weighted by molar-refractivity contribution is -0.137. The molecule has 1 aliphatic heterocycles. The highest BCUT2D eigenvalue weighted by atomic mass is 16.6. The number of pyridine rings is 1. The summed E-state index contributed by atoms with van der Waals surface area (Å²) in [5, 5.41) is 3.92. The van der Waals surface area contributed by atoms with Crippen molar-refractivity contribution in [3.63, 3.8) is 0 Å². The fourth-order valence-electron chi connectivity index (χ4n) is 3.66. The van der Waals surface area contributed by atoms with Crippen molar-refractivity contribution in [2.24, 2.45) is 10.9 Å². The van der Waals surface area contributed by atoms with Crippen LogP contribution in [0.3, 0.4) is 0 Å². The Kier molecular flexibility index (Phi) is 7.12. The minimum Gasteiger partial charge on any atom is -0.493 e. The molecule has 2 aromatic carbocycles. The molecule has 3 aromatic rings. The fourth-order valence-corrected chi connectivity index (χ4v) is 3.66. The van der Waals surface area contributed by atoms with Crippen LogP contribution in [0.4, 0.5) is 0 Å². The first-order chi connectivity index (χ1) is 16.6. The summed E-state index contributed by atoms with van der Waals surface area (Å²) in [4.78, 5) is 23.9. The van der Waals surface area contributed by atoms with E-state index in [2.05, 4.69) is 10.1 Å². The standard InChI is InChI=1S/C25H26N4O5/c1-31-21-13-17-10-12-29(15-18(17)14-22(21)32-2)23(30)16-33-28-24(26)20-9-6-11-27-25(20)34-19-7-4-3-5-8-19/h3-9,11,13-14H,10,12,15-16H2,1-2H3,(H2,26,28). The fraction of sp³-hybridized carbons (Fsp3) is 0.240. The van der Waals surface area contributed by atoms with Gasteiger partial charge in [-0.15, -0.1) is 0 Å². The molecule has 0 saturated carbocycles. The van der Waals surface area contributed by atoms with Gasteiger partial charge in [-0.05, 0) is 53.9 Å². The topological polar surface area (TPSA) is 108 Å². The first-order valence-electron chi connectivity index (χ1n) is 10.7. The molecule has 0 bridgehead atoms. The summed E-state index contributed by atoms with van der Waals surface area (Å²) in [7, 11) is 3.19. The molecule has 0 spiro atoms. The van der Waals surface area contributed by atoms with Crippen molar-refractivity contribution in [2.45, 2.75) is 13.0 Å². The number of para-hydroxylation sites is 1. The highest BCUT2D eigenvalue weighted by Crippen LogP contribution is 2.33. The number of rotatable bonds is 8. The van der Waals surface area contributed by atoms with Crippen LogP contribution < -0.4 is 19.9 Å². The van der Waals surface area contributed by atoms with Crippen molar-refractivity contribution in [1.29, 1.82) is 0 Å². The lowest BCUT2D eigenvalue weighted by atomic mass is 9.99. The maximum Gasteiger partial charge on any atom is 0.263 e. The number of aromatic nitrogens is 1. The quantitative estimate of drug-likeness (QED) is 0.311. The summed E-state index contributed by atoms with van der Waals surface area (Å²) < 4.78 is 16.5. The second kappa shape index (κ2) is 10.6. The van der Waals surface area contributed by atoms with E-state index in [0.717, 1.165) is 11.1 Å². The van der Waals surface area contributed by atoms with Gasteiger partial charge in [0.2, 0.25) is 5.88 Å². The van der Waals surface area contributed by atoms with Crippen LogP contribution in [0.15, 0.2) is 65.9 Å². The number of fused-ring (bicyclic) bond motifs is 1. The molecule has 1 aromatic heterocycles. The van der Waals surface area contributed by atoms with Crippen LogP contribution in [0.1, 0.15) is 16.7 Å². The van der Waals surface area contributed by atoms with Crippen LogP contribution >= 0.6 is 0 Å². The second-order valence-corrected chi connectivity index (χ2v) is 7.56. The van der Waals surface area contributed by atoms with Crippen LogP contribution in [-0.2, 0) is 22.6 Å². The van der Waals surface area contributed by atoms with Gasteiger partial charge in [0, 0.05) is 19.3 Å². The number of amides is 1. The number of hydrogen-bond acceptors (Lipinski definition) is 7. The zero-order valence-corrected chi connectivity index (χ0v) is 19.1. The number of hydrogen-bond donors (Lipinski definition) is 1. The van der Waals surface area contributed by atoms with Crippen molar-refractivity contribution in [2.75, 3.05) is 27.4 Å². The Morgan fingerprint density at radius 1 is 1.06 bits per heavy atom. The highest BCUT2D eigenvalue weighted by molar-refractivity contribution is 5.99. The minimum absolute atomic E-state index is 0.0626. The minimum atomic E-state index is -0.238. The van der Waals surface area contributed by atoms with E-state index in [1.165, 1.54) is 0 Å². The Morgan fingerprint density at radius 2 is 1.79 bits per heavy atom. The predicted molar refractivity (Wildman–Crippen MR) is 126 cm³/mol. The summed E-state index contributed by atoms with van der Waals surface area (Å²) in [5.74, 6) is 2.10. The monoisotopic (exact) mass is 462 g/mol. The maximum absolute atomic E-state index is 12.7. The third-order valence-corrected chi connectivity index (χ3v) is 5.43. The number of ether oxygens (including phenoxy) is 3. The van der Waals surface area contributed by atoms with Crippen LogP contribution in [0.2, 0.25) is 0 Å². The smallest absolute Gasteiger partial charge is 0.263 e. The van der Waals surface area contributed by atoms with Gasteiger partial charge in [-0.1, -0.05) is 23.4 Å². The Balaban J connectivity index is 1.38. The number of benzene rings is 2. The van der Waals surface area contributed by atoms with Gasteiger partial charge in [0.25, 0.3) is 5.91 Å². The number of nitrogens with zero attached hydrogens (tertiary/aromatic N) is 3. The summed E-state index contributed by atoms with van der Waals surface area (Å²) in [6, 6.07) is 16.5. The molecule has 9 heteroatoms. The zero-order valence-electron chi connectivity index (χ0n) is 19.1. The first kappa shape index (κ1) is 22.9. The molecular weight excluding hydrogens is 436 g/mol. The second-order valence-electron chi connectivity index (χ2n) is 7.56. The number of nitrogens with two attached hydrogens (primary N) is 1. The summed E-state index contributed by atoms with van der Waals surface area (Å²) >= 11 is 0. The van der Waals surface area contributed by atoms with Gasteiger partial charge >= 0.3 is 0 Å². The van der Waals surface area contributed by atoms with Crippen molar-refractivity contribution >= 4 is 11.7 Å². The molecule has 34 heavy (non-hydrogen) atoms. The molecule has 2 heterocycles. The molecule has 0 radical (unpaired) electrons. The highest BCUT2D eigenvalue weighted by Gasteiger charge is 2.23. The Morgan fingerprint density at radius 3 is 2.53 bits per heavy atom. The number of carbonyl (C=O) groups excluding carboxylic acids is 1. The summed E-state index contributed by atoms with van der Waals surface area (Å²) in [5.41, 5.74) is 8.70. The van der Waals surface area contributed by atoms with Gasteiger partial charge in [0.05, 0.1) is 19.8 Å². The van der Waals surface area contributed by atoms with Crippen molar-refractivity contribution < 1.29 is 23.8 Å². The molecule has 1 amide bonds. The van der Waals surface area contributed by atoms with Gasteiger partial charge in [0.1, 0.15) is 5.75 Å². The molecule has 0 unspecified atom stereocenters. The summed E-state index contributed by atoms with van der Waals surface area (Å²) in [6.07, 6.45) is 2.31. The van der Waals surface area contributed by atoms with Crippen molar-refractivity contribution in [3.8, 4) is 23.1 Å². The van der Waals surface area contributed by atoms with Crippen LogP contribution in [0.25, 0.3) is 0 Å². The van der Waals surface area contributed by atoms with E-state index in [-0.39, 0.29) is 18.3 Å². The van der Waals surface area contributed by atoms with Gasteiger partial charge in [0.15, 0.2) is 23.9 Å². The van der Waals surface area contributed by atoms with E-state index < -0.39 is 0 Å². The molecule has 4 rings (SSSR count). The Labute approximate surface area is 197 Å². The molecule has 176 valence electrons. The molecule has 0 fully saturated rings. The predicted octanol–water partition coefficient (Wildman–Crippen LogP) is 3.11. The van der Waals surface area contributed by atoms with E-state index in [9.17, 15) is 4.79 Å². The SMILES string of the molecule is COc1cc2c(cc1OC)CN(C(=O)CO/N=C(/N)c1cccnc1Oc1ccccc1)CC2. The number of carbonyl (C=O) groups is 1. The van der Waals surface area contributed by atoms with Gasteiger partial charge in [-0.2, -0.15) is 0 Å². The average Bonchev–Trinajstić information content (AvgIpc) is 2.88. The van der Waals surface area contributed by atoms with Gasteiger partial charge in [-0.25, -0.2) is 4.98 Å².